The van der Waals surface area contributed by atoms with Crippen LogP contribution in [0.1, 0.15) is 23.6 Å². The maximum absolute atomic E-state index is 6.27. The lowest BCUT2D eigenvalue weighted by molar-refractivity contribution is 0.473. The lowest BCUT2D eigenvalue weighted by Gasteiger charge is -2.14. The van der Waals surface area contributed by atoms with Gasteiger partial charge in [-0.25, -0.2) is 0 Å². The Morgan fingerprint density at radius 3 is 2.60 bits per heavy atom. The van der Waals surface area contributed by atoms with Gasteiger partial charge in [0.2, 0.25) is 0 Å². The molecule has 2 aromatic rings. The van der Waals surface area contributed by atoms with Crippen molar-refractivity contribution in [3.05, 3.63) is 58.1 Å². The van der Waals surface area contributed by atoms with Gasteiger partial charge in [-0.1, -0.05) is 30.7 Å². The maximum Gasteiger partial charge on any atom is 0.133 e. The summed E-state index contributed by atoms with van der Waals surface area (Å²) in [5, 5.41) is 4.02. The van der Waals surface area contributed by atoms with Crippen LogP contribution in [0.3, 0.4) is 0 Å². The molecule has 0 radical (unpaired) electrons. The highest BCUT2D eigenvalue weighted by Crippen LogP contribution is 2.31. The minimum atomic E-state index is 0.705. The predicted molar refractivity (Wildman–Crippen MR) is 84.8 cm³/mol. The number of aryl methyl sites for hydroxylation is 2. The summed E-state index contributed by atoms with van der Waals surface area (Å²) in [6.45, 7) is 7.85. The molecule has 0 unspecified atom stereocenters. The summed E-state index contributed by atoms with van der Waals surface area (Å²) in [5.41, 5.74) is 3.48. The van der Waals surface area contributed by atoms with Gasteiger partial charge in [-0.05, 0) is 55.8 Å². The molecule has 1 N–H and O–H groups in total. The van der Waals surface area contributed by atoms with E-state index in [1.165, 1.54) is 11.1 Å². The van der Waals surface area contributed by atoms with Crippen LogP contribution in [0.25, 0.3) is 0 Å². The van der Waals surface area contributed by atoms with Crippen LogP contribution < -0.4 is 10.1 Å². The quantitative estimate of drug-likeness (QED) is 0.849. The second kappa shape index (κ2) is 6.78. The topological polar surface area (TPSA) is 21.3 Å². The fraction of sp³-hybridized carbons (Fsp3) is 0.294. The third kappa shape index (κ3) is 3.53. The number of ether oxygens (including phenoxy) is 1. The van der Waals surface area contributed by atoms with E-state index < -0.39 is 0 Å². The van der Waals surface area contributed by atoms with E-state index in [-0.39, 0.29) is 0 Å². The van der Waals surface area contributed by atoms with E-state index in [9.17, 15) is 0 Å². The van der Waals surface area contributed by atoms with E-state index in [4.69, 9.17) is 16.3 Å². The van der Waals surface area contributed by atoms with Gasteiger partial charge in [0.05, 0.1) is 0 Å². The van der Waals surface area contributed by atoms with Crippen molar-refractivity contribution in [3.8, 4) is 11.5 Å². The van der Waals surface area contributed by atoms with Gasteiger partial charge < -0.3 is 10.1 Å². The molecule has 2 rings (SSSR count). The van der Waals surface area contributed by atoms with Crippen molar-refractivity contribution in [1.29, 1.82) is 0 Å². The molecule has 0 saturated heterocycles. The Labute approximate surface area is 125 Å². The highest BCUT2D eigenvalue weighted by atomic mass is 35.5. The number of hydrogen-bond donors (Lipinski definition) is 1. The first-order valence-electron chi connectivity index (χ1n) is 6.85. The van der Waals surface area contributed by atoms with E-state index in [0.29, 0.717) is 6.54 Å². The first-order chi connectivity index (χ1) is 9.61. The van der Waals surface area contributed by atoms with Gasteiger partial charge in [0.1, 0.15) is 11.5 Å². The van der Waals surface area contributed by atoms with E-state index >= 15 is 0 Å². The first kappa shape index (κ1) is 14.9. The Hall–Kier alpha value is -1.51. The normalized spacial score (nSPS) is 10.6. The Balaban J connectivity index is 2.28. The second-order valence-electron chi connectivity index (χ2n) is 4.84. The summed E-state index contributed by atoms with van der Waals surface area (Å²) in [6.07, 6.45) is 0. The smallest absolute Gasteiger partial charge is 0.133 e. The molecule has 0 aromatic heterocycles. The number of benzene rings is 2. The third-order valence-corrected chi connectivity index (χ3v) is 3.69. The van der Waals surface area contributed by atoms with E-state index in [2.05, 4.69) is 32.2 Å². The molecule has 0 aliphatic heterocycles. The largest absolute Gasteiger partial charge is 0.457 e. The van der Waals surface area contributed by atoms with E-state index in [1.807, 2.05) is 30.3 Å². The summed E-state index contributed by atoms with van der Waals surface area (Å²) in [5.74, 6) is 1.65. The zero-order valence-corrected chi connectivity index (χ0v) is 12.9. The van der Waals surface area contributed by atoms with Crippen molar-refractivity contribution in [1.82, 2.24) is 5.32 Å². The van der Waals surface area contributed by atoms with Crippen LogP contribution in [0.5, 0.6) is 11.5 Å². The van der Waals surface area contributed by atoms with Crippen LogP contribution in [0.4, 0.5) is 0 Å². The highest BCUT2D eigenvalue weighted by molar-refractivity contribution is 6.31. The molecule has 0 aliphatic carbocycles. The Morgan fingerprint density at radius 2 is 1.90 bits per heavy atom. The molecule has 20 heavy (non-hydrogen) atoms. The zero-order valence-electron chi connectivity index (χ0n) is 12.2. The Kier molecular flexibility index (Phi) is 5.05. The average molecular weight is 290 g/mol. The first-order valence-corrected chi connectivity index (χ1v) is 7.23. The molecule has 0 heterocycles. The van der Waals surface area contributed by atoms with Crippen molar-refractivity contribution >= 4 is 11.6 Å². The van der Waals surface area contributed by atoms with E-state index in [0.717, 1.165) is 28.6 Å². The van der Waals surface area contributed by atoms with Crippen LogP contribution in [0, 0.1) is 13.8 Å². The second-order valence-corrected chi connectivity index (χ2v) is 5.25. The van der Waals surface area contributed by atoms with Crippen molar-refractivity contribution in [2.45, 2.75) is 27.3 Å². The van der Waals surface area contributed by atoms with E-state index in [1.54, 1.807) is 0 Å². The molecule has 106 valence electrons. The SMILES string of the molecule is CCNCc1c(Cl)cccc1Oc1ccc(C)c(C)c1. The van der Waals surface area contributed by atoms with Gasteiger partial charge >= 0.3 is 0 Å². The van der Waals surface area contributed by atoms with Crippen molar-refractivity contribution in [3.63, 3.8) is 0 Å². The van der Waals surface area contributed by atoms with Gasteiger partial charge in [-0.15, -0.1) is 0 Å². The molecule has 0 atom stereocenters. The third-order valence-electron chi connectivity index (χ3n) is 3.33. The summed E-state index contributed by atoms with van der Waals surface area (Å²) < 4.78 is 6.00. The van der Waals surface area contributed by atoms with Crippen LogP contribution in [-0.2, 0) is 6.54 Å². The molecule has 0 saturated carbocycles. The van der Waals surface area contributed by atoms with Crippen LogP contribution in [0.2, 0.25) is 5.02 Å². The molecule has 2 nitrogen and oxygen atoms in total. The van der Waals surface area contributed by atoms with Crippen LogP contribution >= 0.6 is 11.6 Å². The van der Waals surface area contributed by atoms with Gasteiger partial charge in [0, 0.05) is 17.1 Å². The monoisotopic (exact) mass is 289 g/mol. The molecule has 0 amide bonds. The average Bonchev–Trinajstić information content (AvgIpc) is 2.42. The predicted octanol–water partition coefficient (Wildman–Crippen LogP) is 4.86. The number of halogens is 1. The molecule has 2 aromatic carbocycles. The molecule has 0 aliphatic rings. The lowest BCUT2D eigenvalue weighted by Crippen LogP contribution is -2.12. The number of hydrogen-bond acceptors (Lipinski definition) is 2. The molecule has 0 bridgehead atoms. The number of nitrogens with one attached hydrogen (secondary N) is 1. The van der Waals surface area contributed by atoms with Crippen molar-refractivity contribution in [2.75, 3.05) is 6.54 Å². The minimum Gasteiger partial charge on any atom is -0.457 e. The fourth-order valence-corrected chi connectivity index (χ4v) is 2.19. The summed E-state index contributed by atoms with van der Waals surface area (Å²) in [6, 6.07) is 11.9. The number of rotatable bonds is 5. The van der Waals surface area contributed by atoms with Crippen LogP contribution in [-0.4, -0.2) is 6.54 Å². The Morgan fingerprint density at radius 1 is 1.10 bits per heavy atom. The van der Waals surface area contributed by atoms with Gasteiger partial charge in [0.15, 0.2) is 0 Å². The summed E-state index contributed by atoms with van der Waals surface area (Å²) in [4.78, 5) is 0. The molecular formula is C17H20ClNO. The van der Waals surface area contributed by atoms with Crippen molar-refractivity contribution in [2.24, 2.45) is 0 Å². The van der Waals surface area contributed by atoms with Gasteiger partial charge in [-0.2, -0.15) is 0 Å². The highest BCUT2D eigenvalue weighted by Gasteiger charge is 2.09. The maximum atomic E-state index is 6.27. The van der Waals surface area contributed by atoms with Crippen molar-refractivity contribution < 1.29 is 4.74 Å². The lowest BCUT2D eigenvalue weighted by atomic mass is 10.1. The standard InChI is InChI=1S/C17H20ClNO/c1-4-19-11-15-16(18)6-5-7-17(15)20-14-9-8-12(2)13(3)10-14/h5-10,19H,4,11H2,1-3H3. The summed E-state index contributed by atoms with van der Waals surface area (Å²) >= 11 is 6.27. The summed E-state index contributed by atoms with van der Waals surface area (Å²) in [7, 11) is 0. The zero-order chi connectivity index (χ0) is 14.5. The molecule has 0 fully saturated rings. The van der Waals surface area contributed by atoms with Crippen LogP contribution in [0.15, 0.2) is 36.4 Å². The Bertz CT molecular complexity index is 596. The minimum absolute atomic E-state index is 0.705. The molecule has 3 heteroatoms. The van der Waals surface area contributed by atoms with Gasteiger partial charge in [-0.3, -0.25) is 0 Å². The molecular weight excluding hydrogens is 270 g/mol. The fourth-order valence-electron chi connectivity index (χ4n) is 1.96. The van der Waals surface area contributed by atoms with Gasteiger partial charge in [0.25, 0.3) is 0 Å². The molecule has 0 spiro atoms.